The fourth-order valence-electron chi connectivity index (χ4n) is 4.86. The number of amidine groups is 1. The fourth-order valence-corrected chi connectivity index (χ4v) is 4.86. The lowest BCUT2D eigenvalue weighted by molar-refractivity contribution is 0.214. The summed E-state index contributed by atoms with van der Waals surface area (Å²) in [6.07, 6.45) is 6.58. The number of hydrogen-bond donors (Lipinski definition) is 2. The summed E-state index contributed by atoms with van der Waals surface area (Å²) in [7, 11) is 4.00. The van der Waals surface area contributed by atoms with E-state index in [4.69, 9.17) is 9.73 Å². The van der Waals surface area contributed by atoms with Crippen molar-refractivity contribution in [2.45, 2.75) is 26.3 Å². The molecule has 36 heavy (non-hydrogen) atoms. The summed E-state index contributed by atoms with van der Waals surface area (Å²) in [6, 6.07) is 15.2. The van der Waals surface area contributed by atoms with Gasteiger partial charge in [-0.1, -0.05) is 12.1 Å². The summed E-state index contributed by atoms with van der Waals surface area (Å²) in [4.78, 5) is 26.0. The predicted molar refractivity (Wildman–Crippen MR) is 145 cm³/mol. The number of carbonyl (C=O) groups is 1. The number of fused-ring (bicyclic) bond motifs is 1. The molecule has 0 radical (unpaired) electrons. The van der Waals surface area contributed by atoms with Crippen LogP contribution in [0.1, 0.15) is 20.3 Å². The average molecular weight is 485 g/mol. The van der Waals surface area contributed by atoms with Crippen LogP contribution in [0.2, 0.25) is 0 Å². The Bertz CT molecular complexity index is 1280. The lowest BCUT2D eigenvalue weighted by atomic mass is 9.72. The van der Waals surface area contributed by atoms with E-state index in [1.807, 2.05) is 78.6 Å². The topological polar surface area (TPSA) is 81.6 Å². The zero-order valence-electron chi connectivity index (χ0n) is 21.2. The van der Waals surface area contributed by atoms with Gasteiger partial charge in [0, 0.05) is 50.8 Å². The zero-order valence-corrected chi connectivity index (χ0v) is 21.2. The quantitative estimate of drug-likeness (QED) is 0.583. The van der Waals surface area contributed by atoms with E-state index in [-0.39, 0.29) is 17.5 Å². The van der Waals surface area contributed by atoms with Crippen LogP contribution in [0.3, 0.4) is 0 Å². The first-order chi connectivity index (χ1) is 17.3. The van der Waals surface area contributed by atoms with Gasteiger partial charge in [0.15, 0.2) is 0 Å². The van der Waals surface area contributed by atoms with Crippen molar-refractivity contribution in [3.63, 3.8) is 0 Å². The molecule has 8 heteroatoms. The number of aliphatic imine (C=N–C) groups is 2. The largest absolute Gasteiger partial charge is 0.457 e. The van der Waals surface area contributed by atoms with E-state index < -0.39 is 0 Å². The first-order valence-corrected chi connectivity index (χ1v) is 12.2. The van der Waals surface area contributed by atoms with Crippen molar-refractivity contribution < 1.29 is 9.53 Å². The third-order valence-corrected chi connectivity index (χ3v) is 7.24. The standard InChI is InChI=1S/C28H32N6O2/c1-19-17-29-26-28(19,2)25(30-18-31-26)20-12-14-34(15-13-20)27(35)32-21-6-5-7-24(16-21)36-23-10-8-22(9-11-23)33(3)4/h5-12,16-18,25H,13-15H2,1-4H3,(H,32,35)(H,29,30,31). The van der Waals surface area contributed by atoms with Crippen LogP contribution in [-0.4, -0.2) is 56.3 Å². The fraction of sp³-hybridized carbons (Fsp3) is 0.321. The molecule has 2 N–H and O–H groups in total. The molecule has 0 saturated heterocycles. The van der Waals surface area contributed by atoms with Crippen LogP contribution in [0.15, 0.2) is 81.9 Å². The average Bonchev–Trinajstić information content (AvgIpc) is 3.19. The van der Waals surface area contributed by atoms with E-state index in [0.717, 1.165) is 23.7 Å². The normalized spacial score (nSPS) is 22.6. The Hall–Kier alpha value is -4.07. The third-order valence-electron chi connectivity index (χ3n) is 7.24. The Morgan fingerprint density at radius 1 is 1.19 bits per heavy atom. The van der Waals surface area contributed by atoms with E-state index in [9.17, 15) is 4.79 Å². The molecular formula is C28H32N6O2. The van der Waals surface area contributed by atoms with Gasteiger partial charge in [-0.2, -0.15) is 0 Å². The Balaban J connectivity index is 1.21. The maximum Gasteiger partial charge on any atom is 0.322 e. The molecule has 0 bridgehead atoms. The van der Waals surface area contributed by atoms with Crippen LogP contribution in [-0.2, 0) is 0 Å². The minimum Gasteiger partial charge on any atom is -0.457 e. The third kappa shape index (κ3) is 4.46. The zero-order chi connectivity index (χ0) is 25.3. The molecule has 3 aliphatic rings. The number of benzene rings is 2. The van der Waals surface area contributed by atoms with Crippen molar-refractivity contribution in [3.8, 4) is 11.5 Å². The van der Waals surface area contributed by atoms with Gasteiger partial charge >= 0.3 is 6.03 Å². The second-order valence-electron chi connectivity index (χ2n) is 9.74. The Morgan fingerprint density at radius 2 is 2.00 bits per heavy atom. The van der Waals surface area contributed by atoms with Gasteiger partial charge in [0.05, 0.1) is 11.5 Å². The van der Waals surface area contributed by atoms with Crippen molar-refractivity contribution in [1.82, 2.24) is 10.2 Å². The van der Waals surface area contributed by atoms with E-state index in [2.05, 4.69) is 35.5 Å². The summed E-state index contributed by atoms with van der Waals surface area (Å²) >= 11 is 0. The molecule has 2 aromatic rings. The molecule has 0 saturated carbocycles. The highest BCUT2D eigenvalue weighted by atomic mass is 16.5. The minimum absolute atomic E-state index is 0.00193. The molecule has 3 aliphatic heterocycles. The number of amides is 2. The van der Waals surface area contributed by atoms with Gasteiger partial charge in [-0.05, 0) is 67.8 Å². The monoisotopic (exact) mass is 484 g/mol. The highest BCUT2D eigenvalue weighted by molar-refractivity contribution is 6.01. The first-order valence-electron chi connectivity index (χ1n) is 12.2. The molecule has 2 unspecified atom stereocenters. The van der Waals surface area contributed by atoms with Crippen LogP contribution in [0.25, 0.3) is 0 Å². The molecule has 5 rings (SSSR count). The number of urea groups is 1. The summed E-state index contributed by atoms with van der Waals surface area (Å²) < 4.78 is 5.99. The molecule has 2 aromatic carbocycles. The Labute approximate surface area is 212 Å². The van der Waals surface area contributed by atoms with Gasteiger partial charge in [-0.15, -0.1) is 0 Å². The van der Waals surface area contributed by atoms with Crippen LogP contribution in [0, 0.1) is 5.41 Å². The van der Waals surface area contributed by atoms with Gasteiger partial charge in [-0.25, -0.2) is 9.79 Å². The second kappa shape index (κ2) is 9.53. The Kier molecular flexibility index (Phi) is 6.26. The van der Waals surface area contributed by atoms with Gasteiger partial charge in [-0.3, -0.25) is 4.99 Å². The molecular weight excluding hydrogens is 452 g/mol. The number of carbonyl (C=O) groups excluding carboxylic acids is 1. The van der Waals surface area contributed by atoms with Crippen molar-refractivity contribution in [1.29, 1.82) is 0 Å². The SMILES string of the molecule is CC1=CNC2=NC=NC(C3=CCN(C(=O)Nc4cccc(Oc5ccc(N(C)C)cc5)c4)CC3)C12C. The molecule has 8 nitrogen and oxygen atoms in total. The number of nitrogens with zero attached hydrogens (tertiary/aromatic N) is 4. The number of rotatable bonds is 5. The van der Waals surface area contributed by atoms with E-state index in [1.165, 1.54) is 11.1 Å². The maximum atomic E-state index is 13.0. The second-order valence-corrected chi connectivity index (χ2v) is 9.74. The van der Waals surface area contributed by atoms with Crippen molar-refractivity contribution >= 4 is 29.6 Å². The van der Waals surface area contributed by atoms with Gasteiger partial charge in [0.1, 0.15) is 23.7 Å². The summed E-state index contributed by atoms with van der Waals surface area (Å²) in [6.45, 7) is 5.48. The number of anilines is 2. The Morgan fingerprint density at radius 3 is 2.72 bits per heavy atom. The smallest absolute Gasteiger partial charge is 0.322 e. The molecule has 0 aromatic heterocycles. The highest BCUT2D eigenvalue weighted by Crippen LogP contribution is 2.42. The van der Waals surface area contributed by atoms with Crippen molar-refractivity contribution in [2.75, 3.05) is 37.4 Å². The summed E-state index contributed by atoms with van der Waals surface area (Å²) in [5.41, 5.74) is 4.02. The maximum absolute atomic E-state index is 13.0. The van der Waals surface area contributed by atoms with Crippen molar-refractivity contribution in [3.05, 3.63) is 72.0 Å². The molecule has 2 atom stereocenters. The van der Waals surface area contributed by atoms with Gasteiger partial charge < -0.3 is 25.2 Å². The molecule has 186 valence electrons. The molecule has 0 aliphatic carbocycles. The van der Waals surface area contributed by atoms with Crippen molar-refractivity contribution in [2.24, 2.45) is 15.4 Å². The van der Waals surface area contributed by atoms with Gasteiger partial charge in [0.2, 0.25) is 0 Å². The lowest BCUT2D eigenvalue weighted by Gasteiger charge is -2.38. The summed E-state index contributed by atoms with van der Waals surface area (Å²) in [5, 5.41) is 6.29. The van der Waals surface area contributed by atoms with Crippen LogP contribution in [0.4, 0.5) is 16.2 Å². The van der Waals surface area contributed by atoms with E-state index in [0.29, 0.717) is 24.5 Å². The van der Waals surface area contributed by atoms with Crippen LogP contribution < -0.4 is 20.3 Å². The molecule has 2 amide bonds. The van der Waals surface area contributed by atoms with Crippen LogP contribution in [0.5, 0.6) is 11.5 Å². The minimum atomic E-state index is -0.252. The number of ether oxygens (including phenoxy) is 1. The molecule has 0 fully saturated rings. The van der Waals surface area contributed by atoms with E-state index >= 15 is 0 Å². The predicted octanol–water partition coefficient (Wildman–Crippen LogP) is 5.03. The molecule has 0 spiro atoms. The molecule has 3 heterocycles. The van der Waals surface area contributed by atoms with E-state index in [1.54, 1.807) is 6.34 Å². The van der Waals surface area contributed by atoms with Crippen LogP contribution >= 0.6 is 0 Å². The van der Waals surface area contributed by atoms with Gasteiger partial charge in [0.25, 0.3) is 0 Å². The lowest BCUT2D eigenvalue weighted by Crippen LogP contribution is -2.46. The number of hydrogen-bond acceptors (Lipinski definition) is 6. The summed E-state index contributed by atoms with van der Waals surface area (Å²) in [5.74, 6) is 2.35. The first kappa shape index (κ1) is 23.7. The highest BCUT2D eigenvalue weighted by Gasteiger charge is 2.47. The number of nitrogens with one attached hydrogen (secondary N) is 2.